The zero-order chi connectivity index (χ0) is 8.27. The van der Waals surface area contributed by atoms with Crippen molar-refractivity contribution in [2.75, 3.05) is 22.9 Å². The van der Waals surface area contributed by atoms with Gasteiger partial charge in [0.25, 0.3) is 0 Å². The first kappa shape index (κ1) is 8.83. The average Bonchev–Trinajstić information content (AvgIpc) is 2.36. The molecule has 1 rings (SSSR count). The van der Waals surface area contributed by atoms with Gasteiger partial charge < -0.3 is 4.90 Å². The Balaban J connectivity index is 2.60. The number of halogens is 1. The number of aromatic nitrogens is 2. The third-order valence-corrected chi connectivity index (χ3v) is 2.03. The summed E-state index contributed by atoms with van der Waals surface area (Å²) < 4.78 is 2.96. The molecular formula is C7H12IN3. The minimum atomic E-state index is 1.08. The Morgan fingerprint density at radius 1 is 1.73 bits per heavy atom. The van der Waals surface area contributed by atoms with Gasteiger partial charge in [0.15, 0.2) is 0 Å². The van der Waals surface area contributed by atoms with E-state index in [4.69, 9.17) is 0 Å². The molecule has 0 atom stereocenters. The minimum absolute atomic E-state index is 1.08. The molecule has 0 fully saturated rings. The molecule has 1 aromatic rings. The van der Waals surface area contributed by atoms with Gasteiger partial charge in [-0.05, 0) is 0 Å². The Labute approximate surface area is 80.5 Å². The Bertz CT molecular complexity index is 221. The molecule has 0 aliphatic carbocycles. The lowest BCUT2D eigenvalue weighted by Crippen LogP contribution is -2.18. The highest BCUT2D eigenvalue weighted by molar-refractivity contribution is 14.1. The molecule has 0 amide bonds. The average molecular weight is 265 g/mol. The second-order valence-electron chi connectivity index (χ2n) is 2.48. The molecule has 0 saturated heterocycles. The molecule has 0 bridgehead atoms. The Morgan fingerprint density at radius 3 is 2.91 bits per heavy atom. The van der Waals surface area contributed by atoms with Gasteiger partial charge in [-0.15, -0.1) is 0 Å². The first-order valence-electron chi connectivity index (χ1n) is 3.50. The number of anilines is 1. The lowest BCUT2D eigenvalue weighted by Gasteiger charge is -2.14. The molecule has 0 spiro atoms. The van der Waals surface area contributed by atoms with Crippen LogP contribution < -0.4 is 4.90 Å². The third kappa shape index (κ3) is 2.36. The number of aryl methyl sites for hydroxylation is 1. The van der Waals surface area contributed by atoms with Crippen LogP contribution in [0.25, 0.3) is 0 Å². The van der Waals surface area contributed by atoms with E-state index in [2.05, 4.69) is 39.6 Å². The van der Waals surface area contributed by atoms with Crippen LogP contribution in [0.4, 0.5) is 5.69 Å². The molecule has 0 aliphatic rings. The third-order valence-electron chi connectivity index (χ3n) is 1.55. The fourth-order valence-electron chi connectivity index (χ4n) is 0.861. The van der Waals surface area contributed by atoms with Crippen molar-refractivity contribution in [3.8, 4) is 0 Å². The van der Waals surface area contributed by atoms with E-state index in [1.54, 1.807) is 0 Å². The molecule has 0 N–H and O–H groups in total. The van der Waals surface area contributed by atoms with Crippen LogP contribution in [0.3, 0.4) is 0 Å². The normalized spacial score (nSPS) is 10.1. The zero-order valence-corrected chi connectivity index (χ0v) is 8.95. The van der Waals surface area contributed by atoms with Crippen molar-refractivity contribution in [1.29, 1.82) is 0 Å². The summed E-state index contributed by atoms with van der Waals surface area (Å²) in [6.45, 7) is 1.08. The molecule has 0 aromatic carbocycles. The van der Waals surface area contributed by atoms with Crippen molar-refractivity contribution < 1.29 is 0 Å². The van der Waals surface area contributed by atoms with Gasteiger partial charge in [0.1, 0.15) is 0 Å². The molecule has 62 valence electrons. The molecule has 1 heterocycles. The fraction of sp³-hybridized carbons (Fsp3) is 0.571. The second-order valence-corrected chi connectivity index (χ2v) is 3.56. The van der Waals surface area contributed by atoms with Crippen LogP contribution in [0.5, 0.6) is 0 Å². The van der Waals surface area contributed by atoms with Gasteiger partial charge in [0.2, 0.25) is 0 Å². The number of nitrogens with zero attached hydrogens (tertiary/aromatic N) is 3. The van der Waals surface area contributed by atoms with E-state index in [0.29, 0.717) is 0 Å². The van der Waals surface area contributed by atoms with E-state index in [1.165, 1.54) is 5.69 Å². The molecule has 0 unspecified atom stereocenters. The van der Waals surface area contributed by atoms with Gasteiger partial charge in [0, 0.05) is 31.3 Å². The maximum atomic E-state index is 4.09. The SMILES string of the molecule is CN(CCI)c1cnn(C)c1. The van der Waals surface area contributed by atoms with Crippen LogP contribution in [-0.4, -0.2) is 27.8 Å². The highest BCUT2D eigenvalue weighted by Gasteiger charge is 2.00. The highest BCUT2D eigenvalue weighted by atomic mass is 127. The second kappa shape index (κ2) is 3.94. The number of hydrogen-bond acceptors (Lipinski definition) is 2. The summed E-state index contributed by atoms with van der Waals surface area (Å²) in [6.07, 6.45) is 3.90. The van der Waals surface area contributed by atoms with E-state index in [9.17, 15) is 0 Å². The summed E-state index contributed by atoms with van der Waals surface area (Å²) in [6, 6.07) is 0. The maximum absolute atomic E-state index is 4.09. The predicted octanol–water partition coefficient (Wildman–Crippen LogP) is 1.29. The van der Waals surface area contributed by atoms with Crippen molar-refractivity contribution in [2.24, 2.45) is 7.05 Å². The maximum Gasteiger partial charge on any atom is 0.0750 e. The Hall–Kier alpha value is -0.260. The fourth-order valence-corrected chi connectivity index (χ4v) is 1.58. The van der Waals surface area contributed by atoms with Crippen LogP contribution in [0.2, 0.25) is 0 Å². The van der Waals surface area contributed by atoms with Crippen LogP contribution in [0.15, 0.2) is 12.4 Å². The molecule has 4 heteroatoms. The summed E-state index contributed by atoms with van der Waals surface area (Å²) in [5, 5.41) is 4.09. The van der Waals surface area contributed by atoms with Gasteiger partial charge in [-0.1, -0.05) is 22.6 Å². The van der Waals surface area contributed by atoms with Gasteiger partial charge in [-0.25, -0.2) is 0 Å². The van der Waals surface area contributed by atoms with E-state index in [0.717, 1.165) is 11.0 Å². The summed E-state index contributed by atoms with van der Waals surface area (Å²) in [5.41, 5.74) is 1.18. The van der Waals surface area contributed by atoms with Crippen molar-refractivity contribution in [2.45, 2.75) is 0 Å². The molecule has 0 saturated carbocycles. The molecule has 0 aliphatic heterocycles. The lowest BCUT2D eigenvalue weighted by molar-refractivity contribution is 0.767. The smallest absolute Gasteiger partial charge is 0.0750 e. The van der Waals surface area contributed by atoms with Crippen molar-refractivity contribution in [3.05, 3.63) is 12.4 Å². The Morgan fingerprint density at radius 2 is 2.45 bits per heavy atom. The summed E-state index contributed by atoms with van der Waals surface area (Å²) in [5.74, 6) is 0. The van der Waals surface area contributed by atoms with Crippen molar-refractivity contribution in [3.63, 3.8) is 0 Å². The highest BCUT2D eigenvalue weighted by Crippen LogP contribution is 2.09. The van der Waals surface area contributed by atoms with Crippen LogP contribution in [0.1, 0.15) is 0 Å². The largest absolute Gasteiger partial charge is 0.371 e. The molecule has 11 heavy (non-hydrogen) atoms. The topological polar surface area (TPSA) is 21.1 Å². The molecule has 0 radical (unpaired) electrons. The summed E-state index contributed by atoms with van der Waals surface area (Å²) in [4.78, 5) is 2.19. The first-order valence-corrected chi connectivity index (χ1v) is 5.02. The van der Waals surface area contributed by atoms with Gasteiger partial charge in [0.05, 0.1) is 11.9 Å². The zero-order valence-electron chi connectivity index (χ0n) is 6.79. The predicted molar refractivity (Wildman–Crippen MR) is 55.4 cm³/mol. The molecule has 1 aromatic heterocycles. The lowest BCUT2D eigenvalue weighted by atomic mass is 10.5. The number of hydrogen-bond donors (Lipinski definition) is 0. The minimum Gasteiger partial charge on any atom is -0.371 e. The van der Waals surface area contributed by atoms with E-state index < -0.39 is 0 Å². The van der Waals surface area contributed by atoms with Gasteiger partial charge in [-0.2, -0.15) is 5.10 Å². The van der Waals surface area contributed by atoms with Crippen molar-refractivity contribution in [1.82, 2.24) is 9.78 Å². The van der Waals surface area contributed by atoms with Crippen LogP contribution in [0, 0.1) is 0 Å². The Kier molecular flexibility index (Phi) is 3.16. The molecular weight excluding hydrogens is 253 g/mol. The van der Waals surface area contributed by atoms with Gasteiger partial charge >= 0.3 is 0 Å². The van der Waals surface area contributed by atoms with E-state index in [-0.39, 0.29) is 0 Å². The van der Waals surface area contributed by atoms with Crippen LogP contribution >= 0.6 is 22.6 Å². The number of alkyl halides is 1. The quantitative estimate of drug-likeness (QED) is 0.606. The standard InChI is InChI=1S/C7H12IN3/c1-10(4-3-8)7-5-9-11(2)6-7/h5-6H,3-4H2,1-2H3. The van der Waals surface area contributed by atoms with E-state index >= 15 is 0 Å². The van der Waals surface area contributed by atoms with Crippen molar-refractivity contribution >= 4 is 28.3 Å². The molecule has 3 nitrogen and oxygen atoms in total. The summed E-state index contributed by atoms with van der Waals surface area (Å²) in [7, 11) is 4.01. The number of rotatable bonds is 3. The van der Waals surface area contributed by atoms with E-state index in [1.807, 2.05) is 24.1 Å². The van der Waals surface area contributed by atoms with Gasteiger partial charge in [-0.3, -0.25) is 4.68 Å². The first-order chi connectivity index (χ1) is 5.24. The monoisotopic (exact) mass is 265 g/mol. The van der Waals surface area contributed by atoms with Crippen LogP contribution in [-0.2, 0) is 7.05 Å². The summed E-state index contributed by atoms with van der Waals surface area (Å²) >= 11 is 2.37.